The Hall–Kier alpha value is -1.28. The van der Waals surface area contributed by atoms with Gasteiger partial charge in [-0.05, 0) is 35.1 Å². The summed E-state index contributed by atoms with van der Waals surface area (Å²) in [7, 11) is 0. The molecule has 2 heterocycles. The largest absolute Gasteiger partial charge is 0.380 e. The number of aromatic amines is 1. The zero-order valence-corrected chi connectivity index (χ0v) is 9.79. The molecule has 1 aromatic heterocycles. The van der Waals surface area contributed by atoms with Gasteiger partial charge in [-0.15, -0.1) is 0 Å². The van der Waals surface area contributed by atoms with Crippen molar-refractivity contribution >= 4 is 10.9 Å². The van der Waals surface area contributed by atoms with Gasteiger partial charge >= 0.3 is 0 Å². The average molecular weight is 215 g/mol. The van der Waals surface area contributed by atoms with Gasteiger partial charge in [0.05, 0.1) is 13.2 Å². The van der Waals surface area contributed by atoms with Gasteiger partial charge in [-0.3, -0.25) is 0 Å². The molecule has 1 N–H and O–H groups in total. The summed E-state index contributed by atoms with van der Waals surface area (Å²) in [6.45, 7) is 6.19. The second-order valence-electron chi connectivity index (χ2n) is 4.96. The van der Waals surface area contributed by atoms with E-state index in [-0.39, 0.29) is 0 Å². The maximum absolute atomic E-state index is 5.24. The number of fused-ring (bicyclic) bond motifs is 1. The van der Waals surface area contributed by atoms with Crippen LogP contribution in [-0.2, 0) is 4.74 Å². The number of hydrogen-bond donors (Lipinski definition) is 1. The molecule has 2 nitrogen and oxygen atoms in total. The zero-order chi connectivity index (χ0) is 11.1. The van der Waals surface area contributed by atoms with E-state index in [1.54, 1.807) is 0 Å². The summed E-state index contributed by atoms with van der Waals surface area (Å²) >= 11 is 0. The lowest BCUT2D eigenvalue weighted by Gasteiger charge is -2.26. The highest BCUT2D eigenvalue weighted by molar-refractivity contribution is 5.81. The van der Waals surface area contributed by atoms with Crippen LogP contribution in [0.5, 0.6) is 0 Å². The minimum Gasteiger partial charge on any atom is -0.380 e. The Morgan fingerprint density at radius 1 is 1.25 bits per heavy atom. The fourth-order valence-corrected chi connectivity index (χ4v) is 2.17. The van der Waals surface area contributed by atoms with E-state index in [9.17, 15) is 0 Å². The molecule has 3 rings (SSSR count). The topological polar surface area (TPSA) is 25.0 Å². The summed E-state index contributed by atoms with van der Waals surface area (Å²) in [5, 5.41) is 1.33. The monoisotopic (exact) mass is 215 g/mol. The zero-order valence-electron chi connectivity index (χ0n) is 9.79. The summed E-state index contributed by atoms with van der Waals surface area (Å²) < 4.78 is 5.24. The van der Waals surface area contributed by atoms with E-state index in [0.717, 1.165) is 13.2 Å². The van der Waals surface area contributed by atoms with Crippen LogP contribution in [0.1, 0.15) is 36.9 Å². The van der Waals surface area contributed by atoms with Crippen LogP contribution in [0.2, 0.25) is 0 Å². The minimum atomic E-state index is 0.558. The van der Waals surface area contributed by atoms with Gasteiger partial charge in [0.1, 0.15) is 0 Å². The van der Waals surface area contributed by atoms with Crippen LogP contribution in [0.15, 0.2) is 24.3 Å². The third-order valence-electron chi connectivity index (χ3n) is 3.40. The van der Waals surface area contributed by atoms with E-state index in [2.05, 4.69) is 43.1 Å². The van der Waals surface area contributed by atoms with Crippen LogP contribution in [-0.4, -0.2) is 18.2 Å². The maximum Gasteiger partial charge on any atom is 0.0557 e. The summed E-state index contributed by atoms with van der Waals surface area (Å²) in [6.07, 6.45) is 0. The van der Waals surface area contributed by atoms with Crippen LogP contribution in [0.25, 0.3) is 10.9 Å². The van der Waals surface area contributed by atoms with E-state index in [0.29, 0.717) is 11.8 Å². The fraction of sp³-hybridized carbons (Fsp3) is 0.429. The molecule has 16 heavy (non-hydrogen) atoms. The third kappa shape index (κ3) is 1.54. The van der Waals surface area contributed by atoms with Crippen molar-refractivity contribution in [2.45, 2.75) is 25.7 Å². The Morgan fingerprint density at radius 2 is 2.06 bits per heavy atom. The third-order valence-corrected chi connectivity index (χ3v) is 3.40. The van der Waals surface area contributed by atoms with E-state index >= 15 is 0 Å². The first-order valence-corrected chi connectivity index (χ1v) is 5.94. The number of aromatic nitrogens is 1. The van der Waals surface area contributed by atoms with Crippen LogP contribution < -0.4 is 0 Å². The molecular formula is C14H17NO. The highest BCUT2D eigenvalue weighted by atomic mass is 16.5. The highest BCUT2D eigenvalue weighted by Crippen LogP contribution is 2.28. The van der Waals surface area contributed by atoms with Crippen LogP contribution in [0.3, 0.4) is 0 Å². The van der Waals surface area contributed by atoms with Crippen molar-refractivity contribution in [3.8, 4) is 0 Å². The standard InChI is InChI=1S/C14H17NO/c1-9(2)14-6-11-5-10(12-7-16-8-12)3-4-13(11)15-14/h3-6,9,12,15H,7-8H2,1-2H3. The summed E-state index contributed by atoms with van der Waals surface area (Å²) in [5.74, 6) is 1.17. The molecule has 0 radical (unpaired) electrons. The molecule has 0 saturated carbocycles. The van der Waals surface area contributed by atoms with Crippen molar-refractivity contribution in [1.29, 1.82) is 0 Å². The Balaban J connectivity index is 2.03. The Kier molecular flexibility index (Phi) is 2.25. The first-order chi connectivity index (χ1) is 7.74. The first kappa shape index (κ1) is 9.91. The molecule has 0 amide bonds. The minimum absolute atomic E-state index is 0.558. The number of hydrogen-bond acceptors (Lipinski definition) is 1. The fourth-order valence-electron chi connectivity index (χ4n) is 2.17. The molecule has 2 heteroatoms. The second kappa shape index (κ2) is 3.63. The van der Waals surface area contributed by atoms with Crippen molar-refractivity contribution in [3.05, 3.63) is 35.5 Å². The van der Waals surface area contributed by atoms with Crippen molar-refractivity contribution < 1.29 is 4.74 Å². The molecule has 1 saturated heterocycles. The predicted molar refractivity (Wildman–Crippen MR) is 65.9 cm³/mol. The van der Waals surface area contributed by atoms with Gasteiger partial charge in [-0.25, -0.2) is 0 Å². The lowest BCUT2D eigenvalue weighted by atomic mass is 9.96. The molecule has 0 unspecified atom stereocenters. The van der Waals surface area contributed by atoms with E-state index < -0.39 is 0 Å². The molecule has 1 aliphatic rings. The van der Waals surface area contributed by atoms with Gasteiger partial charge in [-0.1, -0.05) is 19.9 Å². The summed E-state index contributed by atoms with van der Waals surface area (Å²) in [6, 6.07) is 8.97. The number of benzene rings is 1. The van der Waals surface area contributed by atoms with Gasteiger partial charge < -0.3 is 9.72 Å². The quantitative estimate of drug-likeness (QED) is 0.816. The normalized spacial score (nSPS) is 16.9. The SMILES string of the molecule is CC(C)c1cc2cc(C3COC3)ccc2[nH]1. The molecule has 84 valence electrons. The van der Waals surface area contributed by atoms with E-state index in [1.165, 1.54) is 22.2 Å². The molecule has 2 aromatic rings. The second-order valence-corrected chi connectivity index (χ2v) is 4.96. The molecule has 0 bridgehead atoms. The Morgan fingerprint density at radius 3 is 2.69 bits per heavy atom. The number of rotatable bonds is 2. The van der Waals surface area contributed by atoms with Gasteiger partial charge in [0.2, 0.25) is 0 Å². The van der Waals surface area contributed by atoms with Crippen molar-refractivity contribution in [2.24, 2.45) is 0 Å². The maximum atomic E-state index is 5.24. The lowest BCUT2D eigenvalue weighted by molar-refractivity contribution is 0.00847. The number of nitrogens with one attached hydrogen (secondary N) is 1. The van der Waals surface area contributed by atoms with Crippen molar-refractivity contribution in [2.75, 3.05) is 13.2 Å². The smallest absolute Gasteiger partial charge is 0.0557 e. The number of H-pyrrole nitrogens is 1. The lowest BCUT2D eigenvalue weighted by Crippen LogP contribution is -2.24. The number of ether oxygens (including phenoxy) is 1. The molecule has 1 aliphatic heterocycles. The Bertz CT molecular complexity index is 508. The van der Waals surface area contributed by atoms with Gasteiger partial charge in [0.25, 0.3) is 0 Å². The molecule has 1 aromatic carbocycles. The van der Waals surface area contributed by atoms with Gasteiger partial charge in [-0.2, -0.15) is 0 Å². The highest BCUT2D eigenvalue weighted by Gasteiger charge is 2.20. The molecule has 1 fully saturated rings. The molecule has 0 atom stereocenters. The molecule has 0 aliphatic carbocycles. The van der Waals surface area contributed by atoms with Gasteiger partial charge in [0.15, 0.2) is 0 Å². The summed E-state index contributed by atoms with van der Waals surface area (Å²) in [5.41, 5.74) is 3.97. The van der Waals surface area contributed by atoms with Crippen LogP contribution >= 0.6 is 0 Å². The predicted octanol–water partition coefficient (Wildman–Crippen LogP) is 3.41. The average Bonchev–Trinajstić information content (AvgIpc) is 2.57. The van der Waals surface area contributed by atoms with Crippen LogP contribution in [0.4, 0.5) is 0 Å². The Labute approximate surface area is 95.6 Å². The summed E-state index contributed by atoms with van der Waals surface area (Å²) in [4.78, 5) is 3.47. The van der Waals surface area contributed by atoms with Crippen molar-refractivity contribution in [3.63, 3.8) is 0 Å². The van der Waals surface area contributed by atoms with E-state index in [4.69, 9.17) is 4.74 Å². The first-order valence-electron chi connectivity index (χ1n) is 5.94. The van der Waals surface area contributed by atoms with Gasteiger partial charge in [0, 0.05) is 17.1 Å². The molecule has 0 spiro atoms. The van der Waals surface area contributed by atoms with Crippen molar-refractivity contribution in [1.82, 2.24) is 4.98 Å². The van der Waals surface area contributed by atoms with Crippen LogP contribution in [0, 0.1) is 0 Å². The van der Waals surface area contributed by atoms with E-state index in [1.807, 2.05) is 0 Å². The molecular weight excluding hydrogens is 198 g/mol.